The molecule has 7 nitrogen and oxygen atoms in total. The number of nitrogens with one attached hydrogen (secondary N) is 2. The SMILES string of the molecule is CC(OCCc1ccc2c(n1)NCCC2)c1ccc(CC(NC(=O)c2c(Cl)cccc2Cl)C(=O)O)cc1. The summed E-state index contributed by atoms with van der Waals surface area (Å²) < 4.78 is 6.02. The van der Waals surface area contributed by atoms with E-state index in [2.05, 4.69) is 22.8 Å². The number of nitrogens with zero attached hydrogens (tertiary/aromatic N) is 1. The minimum Gasteiger partial charge on any atom is -0.480 e. The highest BCUT2D eigenvalue weighted by atomic mass is 35.5. The molecule has 1 aliphatic heterocycles. The third-order valence-electron chi connectivity index (χ3n) is 6.36. The van der Waals surface area contributed by atoms with E-state index in [1.54, 1.807) is 6.07 Å². The monoisotopic (exact) mass is 541 g/mol. The number of anilines is 1. The van der Waals surface area contributed by atoms with Crippen molar-refractivity contribution in [1.82, 2.24) is 10.3 Å². The first-order valence-electron chi connectivity index (χ1n) is 12.2. The maximum absolute atomic E-state index is 12.6. The minimum atomic E-state index is -1.15. The van der Waals surface area contributed by atoms with Gasteiger partial charge in [-0.3, -0.25) is 4.79 Å². The number of pyridine rings is 1. The van der Waals surface area contributed by atoms with Crippen molar-refractivity contribution in [1.29, 1.82) is 0 Å². The number of carboxylic acid groups (broad SMARTS) is 1. The number of ether oxygens (including phenoxy) is 1. The van der Waals surface area contributed by atoms with E-state index in [0.29, 0.717) is 13.0 Å². The third kappa shape index (κ3) is 7.01. The van der Waals surface area contributed by atoms with Crippen molar-refractivity contribution >= 4 is 40.9 Å². The van der Waals surface area contributed by atoms with E-state index < -0.39 is 17.9 Å². The predicted octanol–water partition coefficient (Wildman–Crippen LogP) is 5.49. The van der Waals surface area contributed by atoms with Crippen LogP contribution in [0.25, 0.3) is 0 Å². The number of amides is 1. The minimum absolute atomic E-state index is 0.0558. The lowest BCUT2D eigenvalue weighted by atomic mass is 10.0. The maximum atomic E-state index is 12.6. The van der Waals surface area contributed by atoms with Gasteiger partial charge in [-0.15, -0.1) is 0 Å². The molecule has 3 aromatic rings. The zero-order chi connectivity index (χ0) is 26.4. The molecule has 0 aliphatic carbocycles. The average Bonchev–Trinajstić information content (AvgIpc) is 2.88. The number of aliphatic carboxylic acids is 1. The number of rotatable bonds is 10. The zero-order valence-electron chi connectivity index (χ0n) is 20.5. The van der Waals surface area contributed by atoms with Crippen molar-refractivity contribution in [3.63, 3.8) is 0 Å². The number of carboxylic acids is 1. The molecule has 2 atom stereocenters. The number of hydrogen-bond acceptors (Lipinski definition) is 5. The van der Waals surface area contributed by atoms with Crippen LogP contribution in [-0.4, -0.2) is 41.2 Å². The van der Waals surface area contributed by atoms with Crippen LogP contribution in [0.2, 0.25) is 10.0 Å². The van der Waals surface area contributed by atoms with Crippen LogP contribution in [0.15, 0.2) is 54.6 Å². The molecule has 9 heteroatoms. The number of halogens is 2. The highest BCUT2D eigenvalue weighted by molar-refractivity contribution is 6.39. The van der Waals surface area contributed by atoms with E-state index in [1.165, 1.54) is 17.7 Å². The van der Waals surface area contributed by atoms with E-state index in [4.69, 9.17) is 32.9 Å². The lowest BCUT2D eigenvalue weighted by molar-refractivity contribution is -0.139. The number of aryl methyl sites for hydroxylation is 1. The molecule has 2 unspecified atom stereocenters. The Morgan fingerprint density at radius 2 is 1.84 bits per heavy atom. The summed E-state index contributed by atoms with van der Waals surface area (Å²) >= 11 is 12.2. The predicted molar refractivity (Wildman–Crippen MR) is 145 cm³/mol. The highest BCUT2D eigenvalue weighted by Crippen LogP contribution is 2.25. The molecule has 194 valence electrons. The second kappa shape index (κ2) is 12.4. The summed E-state index contributed by atoms with van der Waals surface area (Å²) in [4.78, 5) is 29.2. The van der Waals surface area contributed by atoms with Crippen LogP contribution >= 0.6 is 23.2 Å². The quantitative estimate of drug-likeness (QED) is 0.313. The molecule has 0 spiro atoms. The van der Waals surface area contributed by atoms with Gasteiger partial charge in [0.05, 0.1) is 28.3 Å². The molecule has 0 saturated carbocycles. The van der Waals surface area contributed by atoms with Crippen molar-refractivity contribution in [3.8, 4) is 0 Å². The van der Waals surface area contributed by atoms with E-state index in [-0.39, 0.29) is 28.1 Å². The second-order valence-corrected chi connectivity index (χ2v) is 9.82. The van der Waals surface area contributed by atoms with Gasteiger partial charge in [0.15, 0.2) is 0 Å². The van der Waals surface area contributed by atoms with Crippen molar-refractivity contribution in [2.75, 3.05) is 18.5 Å². The molecule has 1 amide bonds. The van der Waals surface area contributed by atoms with Gasteiger partial charge in [-0.05, 0) is 54.7 Å². The normalized spacial score (nSPS) is 14.2. The molecule has 4 rings (SSSR count). The fraction of sp³-hybridized carbons (Fsp3) is 0.321. The summed E-state index contributed by atoms with van der Waals surface area (Å²) in [5.41, 5.74) is 4.06. The van der Waals surface area contributed by atoms with E-state index in [0.717, 1.165) is 42.0 Å². The molecule has 0 saturated heterocycles. The smallest absolute Gasteiger partial charge is 0.326 e. The molecule has 3 N–H and O–H groups in total. The van der Waals surface area contributed by atoms with Crippen molar-refractivity contribution in [3.05, 3.63) is 92.6 Å². The average molecular weight is 542 g/mol. The zero-order valence-corrected chi connectivity index (χ0v) is 22.0. The maximum Gasteiger partial charge on any atom is 0.326 e. The summed E-state index contributed by atoms with van der Waals surface area (Å²) in [5, 5.41) is 15.9. The summed E-state index contributed by atoms with van der Waals surface area (Å²) in [5.74, 6) is -0.799. The largest absolute Gasteiger partial charge is 0.480 e. The topological polar surface area (TPSA) is 101 Å². The Bertz CT molecular complexity index is 1250. The van der Waals surface area contributed by atoms with Gasteiger partial charge >= 0.3 is 5.97 Å². The van der Waals surface area contributed by atoms with Gasteiger partial charge in [0.1, 0.15) is 11.9 Å². The molecular formula is C28H29Cl2N3O4. The number of carbonyl (C=O) groups excluding carboxylic acids is 1. The Kier molecular flexibility index (Phi) is 9.03. The summed E-state index contributed by atoms with van der Waals surface area (Å²) in [6, 6.07) is 15.2. The van der Waals surface area contributed by atoms with Crippen LogP contribution in [0, 0.1) is 0 Å². The molecule has 2 heterocycles. The number of aromatic nitrogens is 1. The standard InChI is InChI=1S/C28H29Cl2N3O4/c1-17(37-15-13-21-12-11-20-4-3-14-31-26(20)32-21)19-9-7-18(8-10-19)16-24(28(35)36)33-27(34)25-22(29)5-2-6-23(25)30/h2,5-12,17,24H,3-4,13-16H2,1H3,(H,31,32)(H,33,34)(H,35,36). The Balaban J connectivity index is 1.31. The van der Waals surface area contributed by atoms with E-state index in [1.807, 2.05) is 31.2 Å². The number of carbonyl (C=O) groups is 2. The van der Waals surface area contributed by atoms with Crippen LogP contribution in [0.1, 0.15) is 52.2 Å². The first-order chi connectivity index (χ1) is 17.8. The molecular weight excluding hydrogens is 513 g/mol. The lowest BCUT2D eigenvalue weighted by Gasteiger charge is -2.18. The lowest BCUT2D eigenvalue weighted by Crippen LogP contribution is -2.42. The highest BCUT2D eigenvalue weighted by Gasteiger charge is 2.24. The van der Waals surface area contributed by atoms with E-state index in [9.17, 15) is 14.7 Å². The van der Waals surface area contributed by atoms with Gasteiger partial charge < -0.3 is 20.5 Å². The summed E-state index contributed by atoms with van der Waals surface area (Å²) in [6.45, 7) is 3.47. The first kappa shape index (κ1) is 26.9. The van der Waals surface area contributed by atoms with Crippen molar-refractivity contribution < 1.29 is 19.4 Å². The second-order valence-electron chi connectivity index (χ2n) is 9.01. The molecule has 0 bridgehead atoms. The van der Waals surface area contributed by atoms with Gasteiger partial charge in [-0.25, -0.2) is 9.78 Å². The Morgan fingerprint density at radius 3 is 2.54 bits per heavy atom. The third-order valence-corrected chi connectivity index (χ3v) is 6.99. The number of hydrogen-bond donors (Lipinski definition) is 3. The Morgan fingerprint density at radius 1 is 1.11 bits per heavy atom. The molecule has 0 fully saturated rings. The van der Waals surface area contributed by atoms with Gasteiger partial charge in [0.2, 0.25) is 0 Å². The molecule has 2 aromatic carbocycles. The van der Waals surface area contributed by atoms with E-state index >= 15 is 0 Å². The molecule has 37 heavy (non-hydrogen) atoms. The van der Waals surface area contributed by atoms with Gasteiger partial charge in [0.25, 0.3) is 5.91 Å². The number of benzene rings is 2. The Labute approximate surface area is 226 Å². The first-order valence-corrected chi connectivity index (χ1v) is 13.0. The summed E-state index contributed by atoms with van der Waals surface area (Å²) in [6.07, 6.45) is 2.89. The van der Waals surface area contributed by atoms with Crippen LogP contribution in [0.4, 0.5) is 5.82 Å². The molecule has 1 aliphatic rings. The van der Waals surface area contributed by atoms with Crippen molar-refractivity contribution in [2.24, 2.45) is 0 Å². The fourth-order valence-corrected chi connectivity index (χ4v) is 4.82. The van der Waals surface area contributed by atoms with Crippen LogP contribution < -0.4 is 10.6 Å². The number of fused-ring (bicyclic) bond motifs is 1. The van der Waals surface area contributed by atoms with Crippen LogP contribution in [0.3, 0.4) is 0 Å². The molecule has 0 radical (unpaired) electrons. The molecule has 1 aromatic heterocycles. The van der Waals surface area contributed by atoms with Gasteiger partial charge in [-0.2, -0.15) is 0 Å². The van der Waals surface area contributed by atoms with Crippen LogP contribution in [0.5, 0.6) is 0 Å². The fourth-order valence-electron chi connectivity index (χ4n) is 4.25. The van der Waals surface area contributed by atoms with Crippen molar-refractivity contribution in [2.45, 2.75) is 44.8 Å². The van der Waals surface area contributed by atoms with Crippen LogP contribution in [-0.2, 0) is 28.8 Å². The van der Waals surface area contributed by atoms with Gasteiger partial charge in [0, 0.05) is 25.1 Å². The van der Waals surface area contributed by atoms with Gasteiger partial charge in [-0.1, -0.05) is 59.6 Å². The Hall–Kier alpha value is -3.13. The summed E-state index contributed by atoms with van der Waals surface area (Å²) in [7, 11) is 0.